The Morgan fingerprint density at radius 1 is 0.846 bits per heavy atom. The number of amides is 3. The lowest BCUT2D eigenvalue weighted by atomic mass is 9.96. The third-order valence-corrected chi connectivity index (χ3v) is 10.7. The van der Waals surface area contributed by atoms with Gasteiger partial charge in [0.1, 0.15) is 11.9 Å². The molecule has 3 aliphatic heterocycles. The molecule has 0 aliphatic carbocycles. The number of allylic oxidation sites excluding steroid dienone is 1. The van der Waals surface area contributed by atoms with E-state index in [0.717, 1.165) is 79.0 Å². The third-order valence-electron chi connectivity index (χ3n) is 10.7. The highest BCUT2D eigenvalue weighted by Gasteiger charge is 2.38. The number of ether oxygens (including phenoxy) is 1. The van der Waals surface area contributed by atoms with E-state index in [1.54, 1.807) is 0 Å². The number of aryl methyl sites for hydroxylation is 2. The number of alkyl carbamates (subject to hydrolysis) is 1. The number of rotatable bonds is 11. The van der Waals surface area contributed by atoms with Gasteiger partial charge in [0, 0.05) is 43.3 Å². The molecule has 3 aliphatic rings. The zero-order chi connectivity index (χ0) is 36.0. The van der Waals surface area contributed by atoms with Gasteiger partial charge in [0.2, 0.25) is 11.8 Å². The second-order valence-electron chi connectivity index (χ2n) is 13.9. The van der Waals surface area contributed by atoms with E-state index < -0.39 is 12.1 Å². The molecular formula is C42H46N6O4. The van der Waals surface area contributed by atoms with Gasteiger partial charge in [-0.1, -0.05) is 84.9 Å². The third kappa shape index (κ3) is 7.56. The van der Waals surface area contributed by atoms with Crippen molar-refractivity contribution in [3.05, 3.63) is 131 Å². The average molecular weight is 699 g/mol. The molecule has 2 N–H and O–H groups in total. The second-order valence-corrected chi connectivity index (χ2v) is 13.9. The van der Waals surface area contributed by atoms with Crippen LogP contribution in [0.1, 0.15) is 90.8 Å². The molecule has 0 spiro atoms. The predicted molar refractivity (Wildman–Crippen MR) is 200 cm³/mol. The van der Waals surface area contributed by atoms with Gasteiger partial charge >= 0.3 is 6.09 Å². The van der Waals surface area contributed by atoms with Crippen LogP contribution in [-0.4, -0.2) is 69.6 Å². The molecule has 4 heterocycles. The highest BCUT2D eigenvalue weighted by Crippen LogP contribution is 2.34. The number of aromatic nitrogens is 2. The zero-order valence-corrected chi connectivity index (χ0v) is 29.8. The topological polar surface area (TPSA) is 120 Å². The summed E-state index contributed by atoms with van der Waals surface area (Å²) in [7, 11) is 1.30. The predicted octanol–water partition coefficient (Wildman–Crippen LogP) is 6.94. The number of benzene rings is 3. The van der Waals surface area contributed by atoms with Gasteiger partial charge in [-0.2, -0.15) is 0 Å². The summed E-state index contributed by atoms with van der Waals surface area (Å²) < 4.78 is 4.83. The normalized spacial score (nSPS) is 19.6. The maximum absolute atomic E-state index is 13.9. The minimum atomic E-state index is -0.833. The van der Waals surface area contributed by atoms with E-state index in [4.69, 9.17) is 14.7 Å². The fourth-order valence-electron chi connectivity index (χ4n) is 7.77. The number of aromatic amines is 1. The van der Waals surface area contributed by atoms with E-state index in [-0.39, 0.29) is 29.8 Å². The smallest absolute Gasteiger partial charge is 0.407 e. The maximum atomic E-state index is 13.9. The number of hydrogen-bond acceptors (Lipinski definition) is 6. The SMILES string of the molecule is COC(=O)N[C@@H](C(=O)N1CCC[C@H]1C1=NC=C(c2ccc(CCc3cnc([C@@H]4CCCN4C(=O)C(C)c4ccccc4)[nH]3)cc2)C1)c1ccccc1. The summed E-state index contributed by atoms with van der Waals surface area (Å²) in [6, 6.07) is 26.9. The van der Waals surface area contributed by atoms with Crippen LogP contribution in [0, 0.1) is 0 Å². The number of H-pyrrole nitrogens is 1. The van der Waals surface area contributed by atoms with E-state index in [0.29, 0.717) is 18.5 Å². The molecule has 4 atom stereocenters. The molecule has 2 saturated heterocycles. The molecule has 4 aromatic rings. The van der Waals surface area contributed by atoms with Gasteiger partial charge in [-0.15, -0.1) is 0 Å². The molecule has 0 bridgehead atoms. The summed E-state index contributed by atoms with van der Waals surface area (Å²) in [5.41, 5.74) is 7.27. The highest BCUT2D eigenvalue weighted by atomic mass is 16.5. The summed E-state index contributed by atoms with van der Waals surface area (Å²) in [6.45, 7) is 3.36. The van der Waals surface area contributed by atoms with Crippen LogP contribution in [-0.2, 0) is 27.2 Å². The molecule has 3 amide bonds. The van der Waals surface area contributed by atoms with Crippen LogP contribution in [0.2, 0.25) is 0 Å². The molecule has 0 saturated carbocycles. The Bertz CT molecular complexity index is 1940. The van der Waals surface area contributed by atoms with E-state index in [2.05, 4.69) is 34.6 Å². The largest absolute Gasteiger partial charge is 0.453 e. The molecule has 1 aromatic heterocycles. The van der Waals surface area contributed by atoms with Gasteiger partial charge in [-0.3, -0.25) is 14.6 Å². The van der Waals surface area contributed by atoms with Crippen LogP contribution in [0.15, 0.2) is 102 Å². The van der Waals surface area contributed by atoms with E-state index in [9.17, 15) is 14.4 Å². The molecule has 52 heavy (non-hydrogen) atoms. The Kier molecular flexibility index (Phi) is 10.6. The maximum Gasteiger partial charge on any atom is 0.407 e. The standard InChI is InChI=1S/C42H46N6O4/c1-28(30-11-5-3-6-12-30)40(49)48-24-10-16-37(48)39-44-27-34(45-39)22-19-29-17-20-31(21-18-29)33-25-35(43-26-33)36-15-9-23-47(36)41(50)38(46-42(51)52-2)32-13-7-4-8-14-32/h3-8,11-14,17-18,20-21,26-28,36-38H,9-10,15-16,19,22-25H2,1-2H3,(H,44,45)(H,46,51)/t28?,36-,37-,38+/m0/s1. The molecular weight excluding hydrogens is 652 g/mol. The number of methoxy groups -OCH3 is 1. The quantitative estimate of drug-likeness (QED) is 0.176. The second kappa shape index (κ2) is 15.8. The Hall–Kier alpha value is -5.51. The monoisotopic (exact) mass is 698 g/mol. The Morgan fingerprint density at radius 2 is 1.50 bits per heavy atom. The van der Waals surface area contributed by atoms with Gasteiger partial charge in [-0.25, -0.2) is 9.78 Å². The number of imidazole rings is 1. The number of likely N-dealkylation sites (tertiary alicyclic amines) is 2. The van der Waals surface area contributed by atoms with E-state index >= 15 is 0 Å². The first-order valence-corrected chi connectivity index (χ1v) is 18.3. The molecule has 7 rings (SSSR count). The van der Waals surface area contributed by atoms with Crippen molar-refractivity contribution in [2.75, 3.05) is 20.2 Å². The fourth-order valence-corrected chi connectivity index (χ4v) is 7.77. The summed E-state index contributed by atoms with van der Waals surface area (Å²) in [5, 5.41) is 2.73. The van der Waals surface area contributed by atoms with Crippen LogP contribution >= 0.6 is 0 Å². The van der Waals surface area contributed by atoms with Crippen molar-refractivity contribution >= 4 is 29.2 Å². The van der Waals surface area contributed by atoms with Crippen molar-refractivity contribution in [2.45, 2.75) is 75.9 Å². The first-order valence-electron chi connectivity index (χ1n) is 18.3. The lowest BCUT2D eigenvalue weighted by Crippen LogP contribution is -2.47. The number of nitrogens with zero attached hydrogens (tertiary/aromatic N) is 4. The van der Waals surface area contributed by atoms with Crippen molar-refractivity contribution in [3.8, 4) is 0 Å². The number of nitrogens with one attached hydrogen (secondary N) is 2. The van der Waals surface area contributed by atoms with Gasteiger partial charge in [-0.05, 0) is 73.3 Å². The first-order chi connectivity index (χ1) is 25.4. The fraction of sp³-hybridized carbons (Fsp3) is 0.357. The van der Waals surface area contributed by atoms with Crippen molar-refractivity contribution in [1.82, 2.24) is 25.1 Å². The number of hydrogen-bond donors (Lipinski definition) is 2. The van der Waals surface area contributed by atoms with Crippen LogP contribution in [0.3, 0.4) is 0 Å². The lowest BCUT2D eigenvalue weighted by Gasteiger charge is -2.29. The van der Waals surface area contributed by atoms with Crippen LogP contribution in [0.25, 0.3) is 5.57 Å². The molecule has 0 radical (unpaired) electrons. The summed E-state index contributed by atoms with van der Waals surface area (Å²) in [5.74, 6) is 0.683. The minimum absolute atomic E-state index is 0.0188. The molecule has 10 heteroatoms. The average Bonchev–Trinajstić information content (AvgIpc) is 4.03. The van der Waals surface area contributed by atoms with E-state index in [1.165, 1.54) is 12.7 Å². The van der Waals surface area contributed by atoms with E-state index in [1.807, 2.05) is 89.8 Å². The summed E-state index contributed by atoms with van der Waals surface area (Å²) in [4.78, 5) is 56.4. The summed E-state index contributed by atoms with van der Waals surface area (Å²) in [6.07, 6.45) is 9.16. The zero-order valence-electron chi connectivity index (χ0n) is 29.8. The lowest BCUT2D eigenvalue weighted by molar-refractivity contribution is -0.134. The Morgan fingerprint density at radius 3 is 2.19 bits per heavy atom. The van der Waals surface area contributed by atoms with Crippen molar-refractivity contribution in [1.29, 1.82) is 0 Å². The number of carbonyl (C=O) groups is 3. The van der Waals surface area contributed by atoms with Crippen LogP contribution in [0.4, 0.5) is 4.79 Å². The Labute approximate surface area is 305 Å². The van der Waals surface area contributed by atoms with Gasteiger partial charge in [0.05, 0.1) is 25.1 Å². The number of carbonyl (C=O) groups excluding carboxylic acids is 3. The van der Waals surface area contributed by atoms with Crippen molar-refractivity contribution in [2.24, 2.45) is 4.99 Å². The highest BCUT2D eigenvalue weighted by molar-refractivity contribution is 6.03. The number of aliphatic imine (C=N–C) groups is 1. The molecule has 10 nitrogen and oxygen atoms in total. The molecule has 3 aromatic carbocycles. The first kappa shape index (κ1) is 34.9. The molecule has 1 unspecified atom stereocenters. The Balaban J connectivity index is 0.932. The van der Waals surface area contributed by atoms with Gasteiger partial charge in [0.25, 0.3) is 0 Å². The van der Waals surface area contributed by atoms with Gasteiger partial charge < -0.3 is 24.8 Å². The van der Waals surface area contributed by atoms with Gasteiger partial charge in [0.15, 0.2) is 0 Å². The molecule has 2 fully saturated rings. The van der Waals surface area contributed by atoms with Crippen molar-refractivity contribution < 1.29 is 19.1 Å². The molecule has 268 valence electrons. The minimum Gasteiger partial charge on any atom is -0.453 e. The van der Waals surface area contributed by atoms with Crippen molar-refractivity contribution in [3.63, 3.8) is 0 Å². The van der Waals surface area contributed by atoms with Crippen LogP contribution in [0.5, 0.6) is 0 Å². The van der Waals surface area contributed by atoms with Crippen LogP contribution < -0.4 is 5.32 Å². The summed E-state index contributed by atoms with van der Waals surface area (Å²) >= 11 is 0.